The van der Waals surface area contributed by atoms with Crippen molar-refractivity contribution in [3.63, 3.8) is 0 Å². The Labute approximate surface area is 86.7 Å². The summed E-state index contributed by atoms with van der Waals surface area (Å²) in [5.41, 5.74) is 1.39. The molecule has 0 radical (unpaired) electrons. The molecular weight excluding hydrogens is 213 g/mol. The molecule has 0 aliphatic heterocycles. The summed E-state index contributed by atoms with van der Waals surface area (Å²) in [7, 11) is -4.02. The van der Waals surface area contributed by atoms with E-state index in [-0.39, 0.29) is 6.16 Å². The van der Waals surface area contributed by atoms with E-state index in [1.165, 1.54) is 0 Å². The number of pyridine rings is 1. The van der Waals surface area contributed by atoms with Crippen LogP contribution in [0.15, 0.2) is 36.5 Å². The van der Waals surface area contributed by atoms with Gasteiger partial charge in [0.05, 0.1) is 11.7 Å². The summed E-state index contributed by atoms with van der Waals surface area (Å²) < 4.78 is 10.9. The highest BCUT2D eigenvalue weighted by atomic mass is 31.2. The first-order chi connectivity index (χ1) is 7.06. The predicted molar refractivity (Wildman–Crippen MR) is 57.5 cm³/mol. The lowest BCUT2D eigenvalue weighted by Gasteiger charge is -2.06. The number of para-hydroxylation sites is 1. The summed E-state index contributed by atoms with van der Waals surface area (Å²) in [5, 5.41) is 0.795. The van der Waals surface area contributed by atoms with Gasteiger partial charge in [0, 0.05) is 11.6 Å². The maximum Gasteiger partial charge on any atom is 0.329 e. The lowest BCUT2D eigenvalue weighted by atomic mass is 10.1. The summed E-state index contributed by atoms with van der Waals surface area (Å²) >= 11 is 0. The average molecular weight is 223 g/mol. The monoisotopic (exact) mass is 223 g/mol. The third-order valence-electron chi connectivity index (χ3n) is 2.12. The number of nitrogens with zero attached hydrogens (tertiary/aromatic N) is 1. The van der Waals surface area contributed by atoms with Crippen molar-refractivity contribution in [3.05, 3.63) is 42.1 Å². The highest BCUT2D eigenvalue weighted by Crippen LogP contribution is 2.40. The normalized spacial score (nSPS) is 11.9. The molecule has 0 aliphatic rings. The van der Waals surface area contributed by atoms with Gasteiger partial charge in [-0.05, 0) is 17.7 Å². The molecule has 0 unspecified atom stereocenters. The van der Waals surface area contributed by atoms with E-state index < -0.39 is 7.60 Å². The van der Waals surface area contributed by atoms with Crippen molar-refractivity contribution in [1.29, 1.82) is 0 Å². The standard InChI is InChI=1S/C10H10NO3P/c12-15(13,14)7-8-5-6-11-10-4-2-1-3-9(8)10/h1-6H,7H2,(H2,12,13,14). The van der Waals surface area contributed by atoms with Crippen LogP contribution in [0, 0.1) is 0 Å². The summed E-state index contributed by atoms with van der Waals surface area (Å²) in [6.07, 6.45) is 1.32. The SMILES string of the molecule is O=P(O)(O)Cc1ccnc2ccccc12. The molecule has 5 heteroatoms. The molecule has 0 atom stereocenters. The van der Waals surface area contributed by atoms with Crippen LogP contribution < -0.4 is 0 Å². The second-order valence-electron chi connectivity index (χ2n) is 3.31. The van der Waals surface area contributed by atoms with E-state index in [0.717, 1.165) is 10.9 Å². The molecule has 2 rings (SSSR count). The Kier molecular flexibility index (Phi) is 2.57. The van der Waals surface area contributed by atoms with Gasteiger partial charge in [0.25, 0.3) is 0 Å². The molecule has 0 fully saturated rings. The number of benzene rings is 1. The van der Waals surface area contributed by atoms with Gasteiger partial charge in [0.2, 0.25) is 0 Å². The Balaban J connectivity index is 2.56. The maximum absolute atomic E-state index is 10.9. The number of aromatic nitrogens is 1. The van der Waals surface area contributed by atoms with Gasteiger partial charge in [-0.1, -0.05) is 18.2 Å². The third-order valence-corrected chi connectivity index (χ3v) is 2.87. The van der Waals surface area contributed by atoms with E-state index in [2.05, 4.69) is 4.98 Å². The van der Waals surface area contributed by atoms with E-state index in [4.69, 9.17) is 9.79 Å². The smallest absolute Gasteiger partial charge is 0.324 e. The lowest BCUT2D eigenvalue weighted by Crippen LogP contribution is -1.90. The molecular formula is C10H10NO3P. The van der Waals surface area contributed by atoms with Crippen LogP contribution in [0.25, 0.3) is 10.9 Å². The largest absolute Gasteiger partial charge is 0.329 e. The first kappa shape index (κ1) is 10.3. The Morgan fingerprint density at radius 1 is 1.20 bits per heavy atom. The topological polar surface area (TPSA) is 70.4 Å². The van der Waals surface area contributed by atoms with Crippen LogP contribution in [0.5, 0.6) is 0 Å². The molecule has 2 N–H and O–H groups in total. The van der Waals surface area contributed by atoms with Crippen LogP contribution in [0.3, 0.4) is 0 Å². The van der Waals surface area contributed by atoms with Crippen LogP contribution >= 0.6 is 7.60 Å². The van der Waals surface area contributed by atoms with Crippen LogP contribution in [0.1, 0.15) is 5.56 Å². The molecule has 0 aliphatic carbocycles. The molecule has 1 aromatic heterocycles. The first-order valence-electron chi connectivity index (χ1n) is 4.43. The van der Waals surface area contributed by atoms with Gasteiger partial charge in [-0.15, -0.1) is 0 Å². The fourth-order valence-corrected chi connectivity index (χ4v) is 2.23. The van der Waals surface area contributed by atoms with E-state index in [0.29, 0.717) is 5.56 Å². The van der Waals surface area contributed by atoms with Crippen molar-refractivity contribution in [3.8, 4) is 0 Å². The van der Waals surface area contributed by atoms with E-state index in [1.54, 1.807) is 12.3 Å². The summed E-state index contributed by atoms with van der Waals surface area (Å²) in [5.74, 6) is 0. The molecule has 0 saturated carbocycles. The zero-order valence-electron chi connectivity index (χ0n) is 7.87. The molecule has 2 aromatic rings. The van der Waals surface area contributed by atoms with Gasteiger partial charge in [-0.25, -0.2) is 0 Å². The van der Waals surface area contributed by atoms with Crippen molar-refractivity contribution in [2.45, 2.75) is 6.16 Å². The van der Waals surface area contributed by atoms with Crippen molar-refractivity contribution < 1.29 is 14.4 Å². The van der Waals surface area contributed by atoms with Crippen molar-refractivity contribution in [2.75, 3.05) is 0 Å². The quantitative estimate of drug-likeness (QED) is 0.763. The van der Waals surface area contributed by atoms with E-state index in [1.807, 2.05) is 24.3 Å². The minimum absolute atomic E-state index is 0.240. The predicted octanol–water partition coefficient (Wildman–Crippen LogP) is 1.91. The molecule has 0 spiro atoms. The second-order valence-corrected chi connectivity index (χ2v) is 4.96. The Morgan fingerprint density at radius 2 is 1.93 bits per heavy atom. The minimum atomic E-state index is -4.02. The van der Waals surface area contributed by atoms with Crippen molar-refractivity contribution in [2.24, 2.45) is 0 Å². The number of rotatable bonds is 2. The van der Waals surface area contributed by atoms with Gasteiger partial charge in [0.1, 0.15) is 0 Å². The summed E-state index contributed by atoms with van der Waals surface area (Å²) in [6, 6.07) is 8.94. The average Bonchev–Trinajstić information content (AvgIpc) is 2.16. The van der Waals surface area contributed by atoms with Crippen molar-refractivity contribution >= 4 is 18.5 Å². The molecule has 1 aromatic carbocycles. The zero-order chi connectivity index (χ0) is 10.9. The molecule has 15 heavy (non-hydrogen) atoms. The molecule has 0 bridgehead atoms. The van der Waals surface area contributed by atoms with Gasteiger partial charge in [0.15, 0.2) is 0 Å². The Morgan fingerprint density at radius 3 is 2.67 bits per heavy atom. The maximum atomic E-state index is 10.9. The highest BCUT2D eigenvalue weighted by Gasteiger charge is 2.15. The van der Waals surface area contributed by atoms with Crippen LogP contribution in [-0.2, 0) is 10.7 Å². The van der Waals surface area contributed by atoms with Crippen molar-refractivity contribution in [1.82, 2.24) is 4.98 Å². The number of fused-ring (bicyclic) bond motifs is 1. The highest BCUT2D eigenvalue weighted by molar-refractivity contribution is 7.50. The summed E-state index contributed by atoms with van der Waals surface area (Å²) in [6.45, 7) is 0. The molecule has 0 amide bonds. The lowest BCUT2D eigenvalue weighted by molar-refractivity contribution is 0.372. The van der Waals surface area contributed by atoms with E-state index in [9.17, 15) is 4.57 Å². The van der Waals surface area contributed by atoms with E-state index >= 15 is 0 Å². The summed E-state index contributed by atoms with van der Waals surface area (Å²) in [4.78, 5) is 22.0. The molecule has 4 nitrogen and oxygen atoms in total. The molecule has 78 valence electrons. The van der Waals surface area contributed by atoms with Gasteiger partial charge in [-0.3, -0.25) is 9.55 Å². The minimum Gasteiger partial charge on any atom is -0.324 e. The number of hydrogen-bond donors (Lipinski definition) is 2. The molecule has 0 saturated heterocycles. The number of hydrogen-bond acceptors (Lipinski definition) is 2. The van der Waals surface area contributed by atoms with Crippen LogP contribution in [-0.4, -0.2) is 14.8 Å². The fourth-order valence-electron chi connectivity index (χ4n) is 1.51. The van der Waals surface area contributed by atoms with Crippen LogP contribution in [0.4, 0.5) is 0 Å². The first-order valence-corrected chi connectivity index (χ1v) is 6.23. The second kappa shape index (κ2) is 3.74. The third kappa shape index (κ3) is 2.42. The van der Waals surface area contributed by atoms with Gasteiger partial charge in [-0.2, -0.15) is 0 Å². The Hall–Kier alpha value is -1.22. The van der Waals surface area contributed by atoms with Gasteiger partial charge >= 0.3 is 7.60 Å². The van der Waals surface area contributed by atoms with Crippen LogP contribution in [0.2, 0.25) is 0 Å². The molecule has 1 heterocycles. The Bertz CT molecular complexity index is 530. The zero-order valence-corrected chi connectivity index (χ0v) is 8.76. The van der Waals surface area contributed by atoms with Gasteiger partial charge < -0.3 is 9.79 Å². The fraction of sp³-hybridized carbons (Fsp3) is 0.100.